The van der Waals surface area contributed by atoms with Crippen molar-refractivity contribution in [1.29, 1.82) is 0 Å². The summed E-state index contributed by atoms with van der Waals surface area (Å²) in [5.41, 5.74) is 4.62. The van der Waals surface area contributed by atoms with Crippen molar-refractivity contribution in [2.45, 2.75) is 51.2 Å². The molecule has 0 radical (unpaired) electrons. The van der Waals surface area contributed by atoms with Crippen LogP contribution in [0.1, 0.15) is 65.3 Å². The lowest BCUT2D eigenvalue weighted by Gasteiger charge is -2.36. The number of benzene rings is 2. The summed E-state index contributed by atoms with van der Waals surface area (Å²) in [7, 11) is 0. The van der Waals surface area contributed by atoms with Gasteiger partial charge in [0, 0.05) is 13.0 Å². The third-order valence-electron chi connectivity index (χ3n) is 5.79. The molecule has 0 saturated heterocycles. The van der Waals surface area contributed by atoms with E-state index in [9.17, 15) is 9.59 Å². The monoisotopic (exact) mass is 378 g/mol. The number of esters is 1. The first-order valence-corrected chi connectivity index (χ1v) is 9.97. The molecule has 2 aliphatic rings. The van der Waals surface area contributed by atoms with Gasteiger partial charge in [-0.1, -0.05) is 30.3 Å². The van der Waals surface area contributed by atoms with Crippen molar-refractivity contribution in [2.24, 2.45) is 0 Å². The minimum absolute atomic E-state index is 0.0897. The molecule has 4 rings (SSSR count). The molecule has 2 atom stereocenters. The van der Waals surface area contributed by atoms with Crippen LogP contribution in [-0.2, 0) is 28.0 Å². The van der Waals surface area contributed by atoms with E-state index < -0.39 is 5.66 Å². The third-order valence-corrected chi connectivity index (χ3v) is 5.79. The maximum atomic E-state index is 12.3. The van der Waals surface area contributed by atoms with Gasteiger partial charge in [0.2, 0.25) is 5.91 Å². The van der Waals surface area contributed by atoms with Crippen LogP contribution in [0.2, 0.25) is 0 Å². The maximum absolute atomic E-state index is 12.3. The molecule has 0 fully saturated rings. The van der Waals surface area contributed by atoms with Crippen LogP contribution in [0.3, 0.4) is 0 Å². The van der Waals surface area contributed by atoms with Gasteiger partial charge in [-0.25, -0.2) is 4.79 Å². The molecule has 2 aromatic rings. The molecule has 2 aromatic carbocycles. The molecule has 0 bridgehead atoms. The topological polar surface area (TPSA) is 67.4 Å². The zero-order valence-corrected chi connectivity index (χ0v) is 16.4. The summed E-state index contributed by atoms with van der Waals surface area (Å²) in [6.07, 6.45) is 3.63. The van der Waals surface area contributed by atoms with Gasteiger partial charge < -0.3 is 10.1 Å². The molecule has 0 saturated carbocycles. The zero-order valence-electron chi connectivity index (χ0n) is 16.4. The molecule has 0 heterocycles. The Morgan fingerprint density at radius 3 is 2.75 bits per heavy atom. The van der Waals surface area contributed by atoms with Gasteiger partial charge in [-0.2, -0.15) is 0 Å². The van der Waals surface area contributed by atoms with Gasteiger partial charge in [0.25, 0.3) is 0 Å². The summed E-state index contributed by atoms with van der Waals surface area (Å²) >= 11 is 0. The summed E-state index contributed by atoms with van der Waals surface area (Å²) in [6.45, 7) is 3.68. The fourth-order valence-corrected chi connectivity index (χ4v) is 4.61. The van der Waals surface area contributed by atoms with Gasteiger partial charge in [0.1, 0.15) is 5.66 Å². The number of carbonyl (C=O) groups is 2. The number of amides is 1. The minimum Gasteiger partial charge on any atom is -0.462 e. The predicted molar refractivity (Wildman–Crippen MR) is 107 cm³/mol. The van der Waals surface area contributed by atoms with Crippen molar-refractivity contribution < 1.29 is 14.3 Å². The van der Waals surface area contributed by atoms with E-state index in [1.165, 1.54) is 11.1 Å². The van der Waals surface area contributed by atoms with Crippen molar-refractivity contribution in [1.82, 2.24) is 10.6 Å². The largest absolute Gasteiger partial charge is 0.462 e. The van der Waals surface area contributed by atoms with E-state index in [1.54, 1.807) is 13.8 Å². The fraction of sp³-hybridized carbons (Fsp3) is 0.391. The number of hydrogen-bond donors (Lipinski definition) is 2. The summed E-state index contributed by atoms with van der Waals surface area (Å²) in [4.78, 5) is 24.4. The molecule has 146 valence electrons. The average Bonchev–Trinajstić information content (AvgIpc) is 3.24. The van der Waals surface area contributed by atoms with E-state index in [-0.39, 0.29) is 17.9 Å². The highest BCUT2D eigenvalue weighted by Crippen LogP contribution is 2.40. The number of carbonyl (C=O) groups excluding carboxylic acids is 2. The van der Waals surface area contributed by atoms with Crippen molar-refractivity contribution in [3.05, 3.63) is 70.3 Å². The second-order valence-electron chi connectivity index (χ2n) is 7.61. The van der Waals surface area contributed by atoms with Crippen LogP contribution in [0.4, 0.5) is 0 Å². The molecule has 28 heavy (non-hydrogen) atoms. The Morgan fingerprint density at radius 1 is 1.14 bits per heavy atom. The SMILES string of the molecule is CCOC(=O)c1ccc2c(c1)C(NC(C)=O)(NC1CCc3ccccc31)CC2. The summed E-state index contributed by atoms with van der Waals surface area (Å²) in [6, 6.07) is 14.3. The Morgan fingerprint density at radius 2 is 1.96 bits per heavy atom. The standard InChI is InChI=1S/C23H26N2O3/c1-3-28-22(27)18-9-8-17-12-13-23(20(17)14-18,24-15(2)26)25-21-11-10-16-6-4-5-7-19(16)21/h4-9,14,21,25H,3,10-13H2,1-2H3,(H,24,26). The molecule has 5 heteroatoms. The van der Waals surface area contributed by atoms with Gasteiger partial charge in [-0.15, -0.1) is 0 Å². The lowest BCUT2D eigenvalue weighted by Crippen LogP contribution is -2.55. The number of rotatable bonds is 5. The van der Waals surface area contributed by atoms with Crippen LogP contribution >= 0.6 is 0 Å². The van der Waals surface area contributed by atoms with Crippen molar-refractivity contribution >= 4 is 11.9 Å². The van der Waals surface area contributed by atoms with Gasteiger partial charge in [0.05, 0.1) is 12.2 Å². The smallest absolute Gasteiger partial charge is 0.338 e. The van der Waals surface area contributed by atoms with Crippen molar-refractivity contribution in [3.63, 3.8) is 0 Å². The van der Waals surface area contributed by atoms with E-state index in [2.05, 4.69) is 34.9 Å². The lowest BCUT2D eigenvalue weighted by molar-refractivity contribution is -0.121. The molecule has 0 aromatic heterocycles. The Kier molecular flexibility index (Phi) is 4.94. The second kappa shape index (κ2) is 7.40. The lowest BCUT2D eigenvalue weighted by atomic mass is 9.96. The maximum Gasteiger partial charge on any atom is 0.338 e. The van der Waals surface area contributed by atoms with E-state index >= 15 is 0 Å². The van der Waals surface area contributed by atoms with Crippen LogP contribution in [0.25, 0.3) is 0 Å². The van der Waals surface area contributed by atoms with Gasteiger partial charge in [0.15, 0.2) is 0 Å². The molecular formula is C23H26N2O3. The van der Waals surface area contributed by atoms with Crippen LogP contribution in [-0.4, -0.2) is 18.5 Å². The Labute approximate surface area is 165 Å². The highest BCUT2D eigenvalue weighted by Gasteiger charge is 2.42. The molecule has 1 amide bonds. The average molecular weight is 378 g/mol. The number of aryl methyl sites for hydroxylation is 2. The van der Waals surface area contributed by atoms with Gasteiger partial charge >= 0.3 is 5.97 Å². The number of fused-ring (bicyclic) bond motifs is 2. The zero-order chi connectivity index (χ0) is 19.7. The Hall–Kier alpha value is -2.66. The quantitative estimate of drug-likeness (QED) is 0.618. The predicted octanol–water partition coefficient (Wildman–Crippen LogP) is 3.38. The van der Waals surface area contributed by atoms with Gasteiger partial charge in [-0.3, -0.25) is 10.1 Å². The summed E-state index contributed by atoms with van der Waals surface area (Å²) in [5, 5.41) is 6.91. The number of ether oxygens (including phenoxy) is 1. The highest BCUT2D eigenvalue weighted by atomic mass is 16.5. The first-order chi connectivity index (χ1) is 13.5. The molecular weight excluding hydrogens is 352 g/mol. The fourth-order valence-electron chi connectivity index (χ4n) is 4.61. The first kappa shape index (κ1) is 18.7. The van der Waals surface area contributed by atoms with Crippen LogP contribution in [0.15, 0.2) is 42.5 Å². The molecule has 0 aliphatic heterocycles. The van der Waals surface area contributed by atoms with Crippen molar-refractivity contribution in [2.75, 3.05) is 6.61 Å². The second-order valence-corrected chi connectivity index (χ2v) is 7.61. The summed E-state index contributed by atoms with van der Waals surface area (Å²) in [5.74, 6) is -0.423. The minimum atomic E-state index is -0.675. The van der Waals surface area contributed by atoms with E-state index in [0.29, 0.717) is 12.2 Å². The first-order valence-electron chi connectivity index (χ1n) is 9.97. The molecule has 2 aliphatic carbocycles. The normalized spacial score (nSPS) is 22.4. The van der Waals surface area contributed by atoms with Crippen molar-refractivity contribution in [3.8, 4) is 0 Å². The van der Waals surface area contributed by atoms with Crippen LogP contribution < -0.4 is 10.6 Å². The van der Waals surface area contributed by atoms with Crippen LogP contribution in [0.5, 0.6) is 0 Å². The molecule has 0 spiro atoms. The number of nitrogens with one attached hydrogen (secondary N) is 2. The number of hydrogen-bond acceptors (Lipinski definition) is 4. The summed E-state index contributed by atoms with van der Waals surface area (Å²) < 4.78 is 5.17. The Bertz CT molecular complexity index is 924. The van der Waals surface area contributed by atoms with E-state index in [0.717, 1.165) is 36.8 Å². The molecule has 2 N–H and O–H groups in total. The third kappa shape index (κ3) is 3.31. The highest BCUT2D eigenvalue weighted by molar-refractivity contribution is 5.90. The van der Waals surface area contributed by atoms with Gasteiger partial charge in [-0.05, 0) is 67.0 Å². The van der Waals surface area contributed by atoms with Crippen LogP contribution in [0, 0.1) is 0 Å². The molecule has 5 nitrogen and oxygen atoms in total. The van der Waals surface area contributed by atoms with E-state index in [1.807, 2.05) is 18.2 Å². The van der Waals surface area contributed by atoms with E-state index in [4.69, 9.17) is 4.74 Å². The Balaban J connectivity index is 1.71. The molecule has 2 unspecified atom stereocenters.